The number of nitrogens with zero attached hydrogens (tertiary/aromatic N) is 2. The number of carbonyl (C=O) groups excluding carboxylic acids is 1. The van der Waals surface area contributed by atoms with Crippen molar-refractivity contribution in [2.24, 2.45) is 5.10 Å². The first-order valence-corrected chi connectivity index (χ1v) is 12.1. The highest BCUT2D eigenvalue weighted by Crippen LogP contribution is 2.32. The molecule has 4 aromatic rings. The second-order valence-electron chi connectivity index (χ2n) is 6.61. The molecule has 1 aromatic heterocycles. The van der Waals surface area contributed by atoms with E-state index in [4.69, 9.17) is 27.9 Å². The van der Waals surface area contributed by atoms with Gasteiger partial charge < -0.3 is 4.74 Å². The molecule has 0 atom stereocenters. The molecule has 0 bridgehead atoms. The minimum absolute atomic E-state index is 0.199. The van der Waals surface area contributed by atoms with Gasteiger partial charge in [-0.1, -0.05) is 77.4 Å². The lowest BCUT2D eigenvalue weighted by Crippen LogP contribution is -2.19. The number of rotatable bonds is 8. The van der Waals surface area contributed by atoms with Gasteiger partial charge in [0, 0.05) is 10.6 Å². The van der Waals surface area contributed by atoms with E-state index < -0.39 is 0 Å². The summed E-state index contributed by atoms with van der Waals surface area (Å²) in [7, 11) is 0. The lowest BCUT2D eigenvalue weighted by molar-refractivity contribution is -0.118. The molecular weight excluding hydrogens is 485 g/mol. The molecule has 0 saturated heterocycles. The Hall–Kier alpha value is -2.58. The smallest absolute Gasteiger partial charge is 0.250 e. The Balaban J connectivity index is 1.37. The first kappa shape index (κ1) is 22.6. The summed E-state index contributed by atoms with van der Waals surface area (Å²) in [6.45, 7) is 0.341. The lowest BCUT2D eigenvalue weighted by atomic mass is 10.2. The van der Waals surface area contributed by atoms with Gasteiger partial charge in [0.1, 0.15) is 12.4 Å². The Morgan fingerprint density at radius 2 is 1.91 bits per heavy atom. The first-order chi connectivity index (χ1) is 15.6. The quantitative estimate of drug-likeness (QED) is 0.172. The number of hydrogen-bond acceptors (Lipinski definition) is 6. The lowest BCUT2D eigenvalue weighted by Gasteiger charge is -2.11. The van der Waals surface area contributed by atoms with E-state index >= 15 is 0 Å². The molecule has 0 saturated carbocycles. The average Bonchev–Trinajstić information content (AvgIpc) is 3.21. The molecule has 32 heavy (non-hydrogen) atoms. The van der Waals surface area contributed by atoms with Gasteiger partial charge in [0.2, 0.25) is 0 Å². The summed E-state index contributed by atoms with van der Waals surface area (Å²) < 4.78 is 7.82. The van der Waals surface area contributed by atoms with Crippen LogP contribution in [0.2, 0.25) is 10.0 Å². The van der Waals surface area contributed by atoms with Crippen molar-refractivity contribution in [3.05, 3.63) is 87.9 Å². The molecule has 1 N–H and O–H groups in total. The van der Waals surface area contributed by atoms with E-state index in [1.807, 2.05) is 54.6 Å². The van der Waals surface area contributed by atoms with Crippen LogP contribution in [0.4, 0.5) is 0 Å². The maximum Gasteiger partial charge on any atom is 0.250 e. The number of para-hydroxylation sites is 1. The van der Waals surface area contributed by atoms with Crippen LogP contribution in [0.1, 0.15) is 11.1 Å². The summed E-state index contributed by atoms with van der Waals surface area (Å²) in [6, 6.07) is 20.9. The summed E-state index contributed by atoms with van der Waals surface area (Å²) in [5, 5.41) is 4.86. The monoisotopic (exact) mass is 501 g/mol. The molecule has 5 nitrogen and oxygen atoms in total. The number of ether oxygens (including phenoxy) is 1. The van der Waals surface area contributed by atoms with Gasteiger partial charge in [0.25, 0.3) is 5.91 Å². The molecule has 0 spiro atoms. The highest BCUT2D eigenvalue weighted by atomic mass is 35.5. The van der Waals surface area contributed by atoms with E-state index in [9.17, 15) is 4.79 Å². The molecule has 162 valence electrons. The van der Waals surface area contributed by atoms with Gasteiger partial charge in [-0.05, 0) is 29.8 Å². The molecule has 4 rings (SSSR count). The SMILES string of the molecule is O=C(CSc1nc2ccccc2s1)N/N=C\c1cc(Cl)cc(Cl)c1OCc1ccccc1. The second-order valence-corrected chi connectivity index (χ2v) is 9.71. The predicted molar refractivity (Wildman–Crippen MR) is 133 cm³/mol. The van der Waals surface area contributed by atoms with Crippen LogP contribution in [0.25, 0.3) is 10.2 Å². The van der Waals surface area contributed by atoms with Crippen LogP contribution in [-0.2, 0) is 11.4 Å². The number of thiazole rings is 1. The van der Waals surface area contributed by atoms with E-state index in [1.165, 1.54) is 18.0 Å². The molecule has 0 aliphatic heterocycles. The van der Waals surface area contributed by atoms with E-state index in [1.54, 1.807) is 23.5 Å². The number of thioether (sulfide) groups is 1. The van der Waals surface area contributed by atoms with Crippen molar-refractivity contribution < 1.29 is 9.53 Å². The van der Waals surface area contributed by atoms with Crippen LogP contribution >= 0.6 is 46.3 Å². The van der Waals surface area contributed by atoms with Crippen LogP contribution in [0.15, 0.2) is 76.2 Å². The maximum absolute atomic E-state index is 12.2. The second kappa shape index (κ2) is 10.8. The van der Waals surface area contributed by atoms with Crippen molar-refractivity contribution in [2.75, 3.05) is 5.75 Å². The summed E-state index contributed by atoms with van der Waals surface area (Å²) in [4.78, 5) is 16.7. The summed E-state index contributed by atoms with van der Waals surface area (Å²) >= 11 is 15.4. The maximum atomic E-state index is 12.2. The van der Waals surface area contributed by atoms with Gasteiger partial charge in [-0.25, -0.2) is 10.4 Å². The zero-order valence-electron chi connectivity index (χ0n) is 16.6. The van der Waals surface area contributed by atoms with Crippen LogP contribution in [-0.4, -0.2) is 22.9 Å². The number of aromatic nitrogens is 1. The van der Waals surface area contributed by atoms with E-state index in [2.05, 4.69) is 15.5 Å². The van der Waals surface area contributed by atoms with Gasteiger partial charge in [-0.2, -0.15) is 5.10 Å². The Morgan fingerprint density at radius 1 is 1.12 bits per heavy atom. The van der Waals surface area contributed by atoms with Crippen molar-refractivity contribution in [1.29, 1.82) is 0 Å². The number of carbonyl (C=O) groups is 1. The van der Waals surface area contributed by atoms with Gasteiger partial charge >= 0.3 is 0 Å². The fourth-order valence-electron chi connectivity index (χ4n) is 2.80. The molecule has 1 amide bonds. The fourth-order valence-corrected chi connectivity index (χ4v) is 5.23. The number of hydrogen-bond donors (Lipinski definition) is 1. The highest BCUT2D eigenvalue weighted by Gasteiger charge is 2.11. The number of fused-ring (bicyclic) bond motifs is 1. The molecule has 0 unspecified atom stereocenters. The average molecular weight is 502 g/mol. The van der Waals surface area contributed by atoms with Crippen LogP contribution in [0.5, 0.6) is 5.75 Å². The standard InChI is InChI=1S/C23H17Cl2N3O2S2/c24-17-10-16(22(18(25)11-17)30-13-15-6-2-1-3-7-15)12-26-28-21(29)14-31-23-27-19-8-4-5-9-20(19)32-23/h1-12H,13-14H2,(H,28,29)/b26-12-. The van der Waals surface area contributed by atoms with Crippen molar-refractivity contribution in [1.82, 2.24) is 10.4 Å². The molecule has 0 aliphatic carbocycles. The third kappa shape index (κ3) is 6.01. The fraction of sp³-hybridized carbons (Fsp3) is 0.0870. The van der Waals surface area contributed by atoms with Crippen molar-refractivity contribution >= 4 is 68.6 Å². The Morgan fingerprint density at radius 3 is 2.72 bits per heavy atom. The molecule has 0 aliphatic rings. The van der Waals surface area contributed by atoms with Crippen LogP contribution in [0, 0.1) is 0 Å². The summed E-state index contributed by atoms with van der Waals surface area (Å²) in [5.74, 6) is 0.400. The number of nitrogens with one attached hydrogen (secondary N) is 1. The largest absolute Gasteiger partial charge is 0.487 e. The third-order valence-corrected chi connectivity index (χ3v) is 6.94. The van der Waals surface area contributed by atoms with Crippen molar-refractivity contribution in [3.8, 4) is 5.75 Å². The molecule has 9 heteroatoms. The molecule has 1 heterocycles. The minimum atomic E-state index is -0.245. The number of halogens is 2. The van der Waals surface area contributed by atoms with E-state index in [0.717, 1.165) is 20.1 Å². The van der Waals surface area contributed by atoms with Crippen molar-refractivity contribution in [3.63, 3.8) is 0 Å². The number of hydrazone groups is 1. The molecule has 3 aromatic carbocycles. The summed E-state index contributed by atoms with van der Waals surface area (Å²) in [6.07, 6.45) is 1.47. The van der Waals surface area contributed by atoms with E-state index in [-0.39, 0.29) is 11.7 Å². The van der Waals surface area contributed by atoms with Crippen molar-refractivity contribution in [2.45, 2.75) is 10.9 Å². The van der Waals surface area contributed by atoms with Gasteiger partial charge in [-0.3, -0.25) is 4.79 Å². The zero-order valence-corrected chi connectivity index (χ0v) is 19.8. The van der Waals surface area contributed by atoms with Crippen LogP contribution < -0.4 is 10.2 Å². The third-order valence-electron chi connectivity index (χ3n) is 4.26. The first-order valence-electron chi connectivity index (χ1n) is 9.54. The minimum Gasteiger partial charge on any atom is -0.487 e. The number of amides is 1. The van der Waals surface area contributed by atoms with Gasteiger partial charge in [0.05, 0.1) is 27.2 Å². The topological polar surface area (TPSA) is 63.6 Å². The normalized spacial score (nSPS) is 11.2. The molecule has 0 radical (unpaired) electrons. The van der Waals surface area contributed by atoms with Gasteiger partial charge in [0.15, 0.2) is 4.34 Å². The molecular formula is C23H17Cl2N3O2S2. The Labute approximate surface area is 203 Å². The molecule has 0 fully saturated rings. The summed E-state index contributed by atoms with van der Waals surface area (Å²) in [5.41, 5.74) is 5.02. The zero-order chi connectivity index (χ0) is 22.3. The predicted octanol–water partition coefficient (Wildman–Crippen LogP) is 6.42. The highest BCUT2D eigenvalue weighted by molar-refractivity contribution is 8.01. The van der Waals surface area contributed by atoms with Gasteiger partial charge in [-0.15, -0.1) is 11.3 Å². The van der Waals surface area contributed by atoms with E-state index in [0.29, 0.717) is 28.0 Å². The Kier molecular flexibility index (Phi) is 7.65. The number of benzene rings is 3. The van der Waals surface area contributed by atoms with Crippen LogP contribution in [0.3, 0.4) is 0 Å². The Bertz CT molecular complexity index is 1230.